The molecule has 0 fully saturated rings. The summed E-state index contributed by atoms with van der Waals surface area (Å²) in [6, 6.07) is 3.31. The van der Waals surface area contributed by atoms with Gasteiger partial charge >= 0.3 is 5.97 Å². The Morgan fingerprint density at radius 2 is 2.12 bits per heavy atom. The normalized spacial score (nSPS) is 10.6. The Hall–Kier alpha value is -1.68. The Balaban J connectivity index is 2.90. The molecule has 0 unspecified atom stereocenters. The molecule has 4 nitrogen and oxygen atoms in total. The first kappa shape index (κ1) is 12.4. The van der Waals surface area contributed by atoms with E-state index in [0.29, 0.717) is 28.6 Å². The van der Waals surface area contributed by atoms with Crippen molar-refractivity contribution in [3.05, 3.63) is 28.8 Å². The molecule has 1 aromatic rings. The van der Waals surface area contributed by atoms with Crippen LogP contribution in [0.1, 0.15) is 12.5 Å². The second kappa shape index (κ2) is 5.42. The van der Waals surface area contributed by atoms with Gasteiger partial charge in [-0.1, -0.05) is 17.7 Å². The van der Waals surface area contributed by atoms with Gasteiger partial charge in [0.25, 0.3) is 0 Å². The van der Waals surface area contributed by atoms with Crippen LogP contribution >= 0.6 is 11.6 Å². The zero-order valence-electron chi connectivity index (χ0n) is 8.87. The first-order chi connectivity index (χ1) is 7.56. The molecule has 0 aromatic heterocycles. The summed E-state index contributed by atoms with van der Waals surface area (Å²) in [5.74, 6) is -0.421. The smallest absolute Gasteiger partial charge is 0.330 e. The molecule has 86 valence electrons. The van der Waals surface area contributed by atoms with E-state index in [4.69, 9.17) is 27.8 Å². The highest BCUT2D eigenvalue weighted by molar-refractivity contribution is 6.33. The molecule has 0 saturated carbocycles. The Kier molecular flexibility index (Phi) is 4.19. The fraction of sp³-hybridized carbons (Fsp3) is 0.182. The van der Waals surface area contributed by atoms with Crippen molar-refractivity contribution in [1.29, 1.82) is 0 Å². The highest BCUT2D eigenvalue weighted by atomic mass is 35.5. The maximum absolute atomic E-state index is 11.1. The van der Waals surface area contributed by atoms with Gasteiger partial charge in [0, 0.05) is 6.08 Å². The fourth-order valence-electron chi connectivity index (χ4n) is 1.12. The molecule has 0 heterocycles. The molecule has 0 saturated heterocycles. The highest BCUT2D eigenvalue weighted by Gasteiger charge is 2.04. The molecule has 0 atom stereocenters. The van der Waals surface area contributed by atoms with Crippen molar-refractivity contribution in [2.45, 2.75) is 6.92 Å². The van der Waals surface area contributed by atoms with Gasteiger partial charge in [-0.15, -0.1) is 0 Å². The molecule has 4 N–H and O–H groups in total. The van der Waals surface area contributed by atoms with E-state index in [-0.39, 0.29) is 0 Å². The molecule has 1 aromatic carbocycles. The monoisotopic (exact) mass is 240 g/mol. The molecule has 5 heteroatoms. The number of anilines is 2. The van der Waals surface area contributed by atoms with E-state index in [9.17, 15) is 4.79 Å². The van der Waals surface area contributed by atoms with Gasteiger partial charge in [0.2, 0.25) is 0 Å². The van der Waals surface area contributed by atoms with Gasteiger partial charge in [-0.05, 0) is 24.6 Å². The van der Waals surface area contributed by atoms with E-state index in [1.54, 1.807) is 25.1 Å². The number of benzene rings is 1. The van der Waals surface area contributed by atoms with E-state index < -0.39 is 5.97 Å². The van der Waals surface area contributed by atoms with Gasteiger partial charge in [-0.3, -0.25) is 0 Å². The molecule has 0 aliphatic carbocycles. The number of halogens is 1. The van der Waals surface area contributed by atoms with Crippen LogP contribution in [0.2, 0.25) is 5.02 Å². The average Bonchev–Trinajstić information content (AvgIpc) is 2.25. The van der Waals surface area contributed by atoms with Gasteiger partial charge in [-0.2, -0.15) is 0 Å². The quantitative estimate of drug-likeness (QED) is 0.482. The minimum Gasteiger partial charge on any atom is -0.463 e. The summed E-state index contributed by atoms with van der Waals surface area (Å²) in [6.45, 7) is 2.07. The first-order valence-electron chi connectivity index (χ1n) is 4.74. The fourth-order valence-corrected chi connectivity index (χ4v) is 1.28. The largest absolute Gasteiger partial charge is 0.463 e. The lowest BCUT2D eigenvalue weighted by Crippen LogP contribution is -2.00. The average molecular weight is 241 g/mol. The summed E-state index contributed by atoms with van der Waals surface area (Å²) in [6.07, 6.45) is 2.84. The zero-order valence-corrected chi connectivity index (χ0v) is 9.62. The van der Waals surface area contributed by atoms with Crippen LogP contribution in [0.4, 0.5) is 11.4 Å². The Bertz CT molecular complexity index is 430. The molecule has 16 heavy (non-hydrogen) atoms. The third-order valence-electron chi connectivity index (χ3n) is 1.95. The van der Waals surface area contributed by atoms with Crippen molar-refractivity contribution in [2.24, 2.45) is 0 Å². The van der Waals surface area contributed by atoms with Crippen LogP contribution in [0.15, 0.2) is 18.2 Å². The lowest BCUT2D eigenvalue weighted by Gasteiger charge is -2.05. The number of rotatable bonds is 3. The molecular formula is C11H13ClN2O2. The van der Waals surface area contributed by atoms with Crippen molar-refractivity contribution in [3.63, 3.8) is 0 Å². The van der Waals surface area contributed by atoms with E-state index >= 15 is 0 Å². The maximum Gasteiger partial charge on any atom is 0.330 e. The number of nitrogen functional groups attached to an aromatic ring is 2. The minimum atomic E-state index is -0.421. The van der Waals surface area contributed by atoms with Gasteiger partial charge in [0.1, 0.15) is 0 Å². The molecule has 1 rings (SSSR count). The summed E-state index contributed by atoms with van der Waals surface area (Å²) in [4.78, 5) is 11.1. The number of esters is 1. The van der Waals surface area contributed by atoms with Gasteiger partial charge in [0.05, 0.1) is 23.0 Å². The first-order valence-corrected chi connectivity index (χ1v) is 5.12. The summed E-state index contributed by atoms with van der Waals surface area (Å²) < 4.78 is 4.73. The second-order valence-electron chi connectivity index (χ2n) is 3.05. The zero-order chi connectivity index (χ0) is 12.1. The lowest BCUT2D eigenvalue weighted by molar-refractivity contribution is -0.137. The topological polar surface area (TPSA) is 78.3 Å². The van der Waals surface area contributed by atoms with Crippen LogP contribution in [-0.2, 0) is 9.53 Å². The van der Waals surface area contributed by atoms with Crippen molar-refractivity contribution >= 4 is 35.0 Å². The number of nitrogens with two attached hydrogens (primary N) is 2. The number of carbonyl (C=O) groups is 1. The van der Waals surface area contributed by atoms with Crippen LogP contribution in [0.25, 0.3) is 6.08 Å². The van der Waals surface area contributed by atoms with Crippen LogP contribution in [0.3, 0.4) is 0 Å². The van der Waals surface area contributed by atoms with Gasteiger partial charge in [0.15, 0.2) is 0 Å². The van der Waals surface area contributed by atoms with Crippen molar-refractivity contribution < 1.29 is 9.53 Å². The van der Waals surface area contributed by atoms with E-state index in [1.165, 1.54) is 6.08 Å². The minimum absolute atomic E-state index is 0.313. The maximum atomic E-state index is 11.1. The standard InChI is InChI=1S/C11H13ClN2O2/c1-2-16-9(15)6-4-7-3-5-8(12)11(14)10(7)13/h3-6H,2,13-14H2,1H3/b6-4+. The summed E-state index contributed by atoms with van der Waals surface area (Å²) >= 11 is 5.78. The van der Waals surface area contributed by atoms with Crippen molar-refractivity contribution in [1.82, 2.24) is 0 Å². The molecule has 0 aliphatic heterocycles. The van der Waals surface area contributed by atoms with Gasteiger partial charge < -0.3 is 16.2 Å². The van der Waals surface area contributed by atoms with Crippen molar-refractivity contribution in [3.8, 4) is 0 Å². The predicted octanol–water partition coefficient (Wildman–Crippen LogP) is 2.08. The third kappa shape index (κ3) is 2.90. The molecule has 0 aliphatic rings. The molecule has 0 spiro atoms. The summed E-state index contributed by atoms with van der Waals surface area (Å²) in [7, 11) is 0. The lowest BCUT2D eigenvalue weighted by atomic mass is 10.1. The Labute approximate surface area is 98.8 Å². The van der Waals surface area contributed by atoms with Crippen molar-refractivity contribution in [2.75, 3.05) is 18.1 Å². The summed E-state index contributed by atoms with van der Waals surface area (Å²) in [5, 5.41) is 0.394. The SMILES string of the molecule is CCOC(=O)/C=C/c1ccc(Cl)c(N)c1N. The number of ether oxygens (including phenoxy) is 1. The van der Waals surface area contributed by atoms with Crippen LogP contribution in [-0.4, -0.2) is 12.6 Å². The van der Waals surface area contributed by atoms with Crippen LogP contribution < -0.4 is 11.5 Å². The van der Waals surface area contributed by atoms with Crippen LogP contribution in [0.5, 0.6) is 0 Å². The number of hydrogen-bond donors (Lipinski definition) is 2. The third-order valence-corrected chi connectivity index (χ3v) is 2.28. The summed E-state index contributed by atoms with van der Waals surface area (Å²) in [5.41, 5.74) is 12.7. The van der Waals surface area contributed by atoms with E-state index in [2.05, 4.69) is 0 Å². The highest BCUT2D eigenvalue weighted by Crippen LogP contribution is 2.28. The predicted molar refractivity (Wildman–Crippen MR) is 65.9 cm³/mol. The molecule has 0 amide bonds. The second-order valence-corrected chi connectivity index (χ2v) is 3.46. The molecule has 0 radical (unpaired) electrons. The molecular weight excluding hydrogens is 228 g/mol. The number of hydrogen-bond acceptors (Lipinski definition) is 4. The van der Waals surface area contributed by atoms with E-state index in [1.807, 2.05) is 0 Å². The number of carbonyl (C=O) groups excluding carboxylic acids is 1. The Morgan fingerprint density at radius 1 is 1.44 bits per heavy atom. The van der Waals surface area contributed by atoms with Crippen LogP contribution in [0, 0.1) is 0 Å². The van der Waals surface area contributed by atoms with Gasteiger partial charge in [-0.25, -0.2) is 4.79 Å². The van der Waals surface area contributed by atoms with E-state index in [0.717, 1.165) is 0 Å². The molecule has 0 bridgehead atoms. The Morgan fingerprint density at radius 3 is 2.75 bits per heavy atom.